The van der Waals surface area contributed by atoms with Gasteiger partial charge in [0.2, 0.25) is 0 Å². The average Bonchev–Trinajstić information content (AvgIpc) is 2.37. The van der Waals surface area contributed by atoms with Gasteiger partial charge in [0.15, 0.2) is 0 Å². The van der Waals surface area contributed by atoms with Crippen LogP contribution in [0.3, 0.4) is 0 Å². The molecule has 2 rings (SSSR count). The van der Waals surface area contributed by atoms with Gasteiger partial charge in [0, 0.05) is 17.2 Å². The van der Waals surface area contributed by atoms with Crippen LogP contribution in [0.5, 0.6) is 5.75 Å². The van der Waals surface area contributed by atoms with E-state index in [0.717, 1.165) is 12.1 Å². The molecule has 0 aliphatic rings. The molecule has 0 atom stereocenters. The lowest BCUT2D eigenvalue weighted by molar-refractivity contribution is 0.415. The molecule has 0 unspecified atom stereocenters. The largest absolute Gasteiger partial charge is 0.497 e. The highest BCUT2D eigenvalue weighted by Crippen LogP contribution is 2.29. The van der Waals surface area contributed by atoms with Gasteiger partial charge in [0.1, 0.15) is 17.4 Å². The summed E-state index contributed by atoms with van der Waals surface area (Å²) < 4.78 is 32.0. The van der Waals surface area contributed by atoms with Crippen LogP contribution < -0.4 is 4.74 Å². The van der Waals surface area contributed by atoms with Gasteiger partial charge < -0.3 is 4.74 Å². The molecule has 2 aromatic carbocycles. The topological polar surface area (TPSA) is 9.23 Å². The lowest BCUT2D eigenvalue weighted by Crippen LogP contribution is -1.93. The Bertz CT molecular complexity index is 627. The van der Waals surface area contributed by atoms with E-state index in [-0.39, 0.29) is 11.1 Å². The lowest BCUT2D eigenvalue weighted by Gasteiger charge is -2.08. The van der Waals surface area contributed by atoms with Crippen molar-refractivity contribution in [3.05, 3.63) is 53.6 Å². The Morgan fingerprint density at radius 3 is 2.61 bits per heavy atom. The summed E-state index contributed by atoms with van der Waals surface area (Å²) in [5, 5.41) is 0. The average molecular weight is 244 g/mol. The van der Waals surface area contributed by atoms with E-state index in [9.17, 15) is 8.78 Å². The van der Waals surface area contributed by atoms with E-state index in [1.807, 2.05) is 0 Å². The van der Waals surface area contributed by atoms with E-state index < -0.39 is 11.6 Å². The smallest absolute Gasteiger partial charge is 0.135 e. The zero-order chi connectivity index (χ0) is 13.1. The van der Waals surface area contributed by atoms with Crippen molar-refractivity contribution in [2.45, 2.75) is 0 Å². The highest BCUT2D eigenvalue weighted by Gasteiger charge is 2.12. The maximum absolute atomic E-state index is 13.8. The number of halogens is 2. The second-order valence-electron chi connectivity index (χ2n) is 3.69. The molecule has 0 fully saturated rings. The molecule has 0 bridgehead atoms. The van der Waals surface area contributed by atoms with E-state index in [1.165, 1.54) is 7.11 Å². The van der Waals surface area contributed by atoms with E-state index in [2.05, 4.69) is 5.92 Å². The predicted octanol–water partition coefficient (Wildman–Crippen LogP) is 3.62. The second kappa shape index (κ2) is 4.89. The van der Waals surface area contributed by atoms with Gasteiger partial charge in [-0.15, -0.1) is 6.42 Å². The fourth-order valence-corrected chi connectivity index (χ4v) is 1.76. The van der Waals surface area contributed by atoms with Gasteiger partial charge in [-0.3, -0.25) is 0 Å². The fraction of sp³-hybridized carbons (Fsp3) is 0.0667. The van der Waals surface area contributed by atoms with Gasteiger partial charge in [-0.05, 0) is 23.8 Å². The number of hydrogen-bond acceptors (Lipinski definition) is 1. The summed E-state index contributed by atoms with van der Waals surface area (Å²) in [6, 6.07) is 8.75. The molecular formula is C15H10F2O. The van der Waals surface area contributed by atoms with Crippen molar-refractivity contribution in [1.29, 1.82) is 0 Å². The summed E-state index contributed by atoms with van der Waals surface area (Å²) in [4.78, 5) is 0. The quantitative estimate of drug-likeness (QED) is 0.733. The molecule has 1 nitrogen and oxygen atoms in total. The Morgan fingerprint density at radius 1 is 1.17 bits per heavy atom. The van der Waals surface area contributed by atoms with Gasteiger partial charge in [-0.25, -0.2) is 8.78 Å². The summed E-state index contributed by atoms with van der Waals surface area (Å²) >= 11 is 0. The zero-order valence-corrected chi connectivity index (χ0v) is 9.71. The molecule has 2 aromatic rings. The summed E-state index contributed by atoms with van der Waals surface area (Å²) in [7, 11) is 1.52. The van der Waals surface area contributed by atoms with Crippen molar-refractivity contribution in [2.75, 3.05) is 7.11 Å². The molecule has 0 amide bonds. The van der Waals surface area contributed by atoms with E-state index in [1.54, 1.807) is 24.3 Å². The van der Waals surface area contributed by atoms with Gasteiger partial charge in [0.05, 0.1) is 7.11 Å². The van der Waals surface area contributed by atoms with Crippen molar-refractivity contribution in [3.8, 4) is 29.2 Å². The Morgan fingerprint density at radius 2 is 1.94 bits per heavy atom. The monoisotopic (exact) mass is 244 g/mol. The Labute approximate surface area is 104 Å². The van der Waals surface area contributed by atoms with Crippen molar-refractivity contribution >= 4 is 0 Å². The standard InChI is InChI=1S/C15H10F2O/c1-3-10-7-12(16)9-14(17)15(10)11-5-4-6-13(8-11)18-2/h1,4-9H,2H3. The summed E-state index contributed by atoms with van der Waals surface area (Å²) in [6.45, 7) is 0. The van der Waals surface area contributed by atoms with Crippen LogP contribution in [0.2, 0.25) is 0 Å². The first-order valence-corrected chi connectivity index (χ1v) is 5.26. The van der Waals surface area contributed by atoms with Crippen molar-refractivity contribution in [3.63, 3.8) is 0 Å². The third kappa shape index (κ3) is 2.18. The number of ether oxygens (including phenoxy) is 1. The number of hydrogen-bond donors (Lipinski definition) is 0. The molecule has 0 radical (unpaired) electrons. The first-order chi connectivity index (χ1) is 8.65. The summed E-state index contributed by atoms with van der Waals surface area (Å²) in [5.41, 5.74) is 0.943. The maximum atomic E-state index is 13.8. The van der Waals surface area contributed by atoms with Crippen LogP contribution in [0.15, 0.2) is 36.4 Å². The lowest BCUT2D eigenvalue weighted by atomic mass is 9.99. The Balaban J connectivity index is 2.67. The van der Waals surface area contributed by atoms with Gasteiger partial charge in [-0.1, -0.05) is 18.1 Å². The highest BCUT2D eigenvalue weighted by atomic mass is 19.1. The molecule has 0 aliphatic heterocycles. The second-order valence-corrected chi connectivity index (χ2v) is 3.69. The molecule has 0 saturated carbocycles. The van der Waals surface area contributed by atoms with Gasteiger partial charge in [0.25, 0.3) is 0 Å². The summed E-state index contributed by atoms with van der Waals surface area (Å²) in [5.74, 6) is 1.50. The van der Waals surface area contributed by atoms with Crippen molar-refractivity contribution in [1.82, 2.24) is 0 Å². The Hall–Kier alpha value is -2.34. The predicted molar refractivity (Wildman–Crippen MR) is 66.3 cm³/mol. The van der Waals surface area contributed by atoms with Crippen molar-refractivity contribution < 1.29 is 13.5 Å². The van der Waals surface area contributed by atoms with Crippen LogP contribution in [-0.4, -0.2) is 7.11 Å². The first kappa shape index (κ1) is 12.1. The molecular weight excluding hydrogens is 234 g/mol. The minimum atomic E-state index is -0.688. The van der Waals surface area contributed by atoms with E-state index >= 15 is 0 Å². The number of benzene rings is 2. The molecule has 18 heavy (non-hydrogen) atoms. The van der Waals surface area contributed by atoms with Crippen molar-refractivity contribution in [2.24, 2.45) is 0 Å². The van der Waals surface area contributed by atoms with E-state index in [4.69, 9.17) is 11.2 Å². The maximum Gasteiger partial charge on any atom is 0.135 e. The molecule has 0 spiro atoms. The molecule has 3 heteroatoms. The third-order valence-electron chi connectivity index (χ3n) is 2.57. The molecule has 0 aliphatic carbocycles. The van der Waals surface area contributed by atoms with Crippen LogP contribution in [0.4, 0.5) is 8.78 Å². The molecule has 0 heterocycles. The van der Waals surface area contributed by atoms with Crippen LogP contribution in [-0.2, 0) is 0 Å². The van der Waals surface area contributed by atoms with Gasteiger partial charge >= 0.3 is 0 Å². The number of rotatable bonds is 2. The summed E-state index contributed by atoms with van der Waals surface area (Å²) in [6.07, 6.45) is 5.28. The third-order valence-corrected chi connectivity index (χ3v) is 2.57. The SMILES string of the molecule is C#Cc1cc(F)cc(F)c1-c1cccc(OC)c1. The minimum Gasteiger partial charge on any atom is -0.497 e. The minimum absolute atomic E-state index is 0.181. The van der Waals surface area contributed by atoms with Crippen LogP contribution >= 0.6 is 0 Å². The van der Waals surface area contributed by atoms with Crippen LogP contribution in [0, 0.1) is 24.0 Å². The number of terminal acetylenes is 1. The first-order valence-electron chi connectivity index (χ1n) is 5.26. The molecule has 0 aromatic heterocycles. The van der Waals surface area contributed by atoms with E-state index in [0.29, 0.717) is 11.3 Å². The number of methoxy groups -OCH3 is 1. The van der Waals surface area contributed by atoms with Crippen LogP contribution in [0.1, 0.15) is 5.56 Å². The molecule has 0 saturated heterocycles. The normalized spacial score (nSPS) is 9.89. The Kier molecular flexibility index (Phi) is 3.29. The fourth-order valence-electron chi connectivity index (χ4n) is 1.76. The molecule has 0 N–H and O–H groups in total. The molecule has 90 valence electrons. The van der Waals surface area contributed by atoms with Crippen LogP contribution in [0.25, 0.3) is 11.1 Å². The highest BCUT2D eigenvalue weighted by molar-refractivity contribution is 5.72. The van der Waals surface area contributed by atoms with Gasteiger partial charge in [-0.2, -0.15) is 0 Å². The zero-order valence-electron chi connectivity index (χ0n) is 9.71.